The molecule has 0 bridgehead atoms. The summed E-state index contributed by atoms with van der Waals surface area (Å²) in [6, 6.07) is 0. The summed E-state index contributed by atoms with van der Waals surface area (Å²) >= 11 is 1.92. The van der Waals surface area contributed by atoms with Gasteiger partial charge < -0.3 is 10.3 Å². The molecular weight excluding hydrogens is 186 g/mol. The minimum atomic E-state index is -0.276. The summed E-state index contributed by atoms with van der Waals surface area (Å²) in [4.78, 5) is 4.35. The average Bonchev–Trinajstić information content (AvgIpc) is 2.61. The molecule has 70 valence electrons. The van der Waals surface area contributed by atoms with Crippen molar-refractivity contribution in [1.82, 2.24) is 10.1 Å². The van der Waals surface area contributed by atoms with Crippen LogP contribution in [0.3, 0.4) is 0 Å². The number of thioether (sulfide) groups is 1. The van der Waals surface area contributed by atoms with E-state index >= 15 is 0 Å². The average molecular weight is 197 g/mol. The molecule has 1 aliphatic heterocycles. The number of rotatable bonds is 2. The van der Waals surface area contributed by atoms with Gasteiger partial charge in [0.25, 0.3) is 0 Å². The fraction of sp³-hybridized carbons (Fsp3) is 0.750. The SMILES string of the molecule is NC1(c2nc(C3CSC3)no2)CC1. The van der Waals surface area contributed by atoms with Crippen LogP contribution in [-0.2, 0) is 5.54 Å². The minimum Gasteiger partial charge on any atom is -0.337 e. The second-order valence-electron chi connectivity index (χ2n) is 3.85. The maximum Gasteiger partial charge on any atom is 0.246 e. The van der Waals surface area contributed by atoms with Gasteiger partial charge in [-0.05, 0) is 12.8 Å². The standard InChI is InChI=1S/C8H11N3OS/c9-8(1-2-8)7-10-6(11-12-7)5-3-13-4-5/h5H,1-4,9H2. The van der Waals surface area contributed by atoms with Gasteiger partial charge in [-0.25, -0.2) is 0 Å². The van der Waals surface area contributed by atoms with Gasteiger partial charge >= 0.3 is 0 Å². The largest absolute Gasteiger partial charge is 0.337 e. The third-order valence-corrected chi connectivity index (χ3v) is 3.94. The van der Waals surface area contributed by atoms with E-state index in [2.05, 4.69) is 10.1 Å². The molecule has 0 spiro atoms. The topological polar surface area (TPSA) is 64.9 Å². The van der Waals surface area contributed by atoms with Crippen molar-refractivity contribution < 1.29 is 4.52 Å². The molecule has 13 heavy (non-hydrogen) atoms. The first-order valence-corrected chi connectivity index (χ1v) is 5.64. The van der Waals surface area contributed by atoms with E-state index in [9.17, 15) is 0 Å². The highest BCUT2D eigenvalue weighted by Crippen LogP contribution is 2.42. The van der Waals surface area contributed by atoms with Crippen LogP contribution >= 0.6 is 11.8 Å². The van der Waals surface area contributed by atoms with Crippen LogP contribution in [0.5, 0.6) is 0 Å². The molecule has 2 heterocycles. The normalized spacial score (nSPS) is 25.6. The van der Waals surface area contributed by atoms with Crippen molar-refractivity contribution in [3.8, 4) is 0 Å². The number of hydrogen-bond donors (Lipinski definition) is 1. The molecule has 0 unspecified atom stereocenters. The molecule has 1 saturated carbocycles. The molecule has 1 aromatic heterocycles. The third kappa shape index (κ3) is 1.18. The van der Waals surface area contributed by atoms with E-state index in [1.807, 2.05) is 11.8 Å². The third-order valence-electron chi connectivity index (χ3n) is 2.66. The second kappa shape index (κ2) is 2.48. The zero-order valence-electron chi connectivity index (χ0n) is 7.19. The van der Waals surface area contributed by atoms with Crippen LogP contribution < -0.4 is 5.73 Å². The highest BCUT2D eigenvalue weighted by Gasteiger charge is 2.46. The molecule has 2 fully saturated rings. The van der Waals surface area contributed by atoms with Gasteiger partial charge in [-0.2, -0.15) is 16.7 Å². The van der Waals surface area contributed by atoms with E-state index in [-0.39, 0.29) is 5.54 Å². The molecule has 0 radical (unpaired) electrons. The Balaban J connectivity index is 1.85. The predicted molar refractivity (Wildman–Crippen MR) is 49.5 cm³/mol. The van der Waals surface area contributed by atoms with E-state index in [4.69, 9.17) is 10.3 Å². The van der Waals surface area contributed by atoms with Crippen LogP contribution in [0.4, 0.5) is 0 Å². The lowest BCUT2D eigenvalue weighted by Gasteiger charge is -2.20. The molecular formula is C8H11N3OS. The molecule has 5 heteroatoms. The van der Waals surface area contributed by atoms with Crippen molar-refractivity contribution in [1.29, 1.82) is 0 Å². The molecule has 1 aromatic rings. The lowest BCUT2D eigenvalue weighted by atomic mass is 10.2. The zero-order valence-corrected chi connectivity index (χ0v) is 8.01. The molecule has 1 saturated heterocycles. The van der Waals surface area contributed by atoms with Crippen molar-refractivity contribution in [2.75, 3.05) is 11.5 Å². The number of hydrogen-bond acceptors (Lipinski definition) is 5. The second-order valence-corrected chi connectivity index (χ2v) is 4.92. The maximum absolute atomic E-state index is 5.94. The molecule has 1 aliphatic carbocycles. The first kappa shape index (κ1) is 7.82. The van der Waals surface area contributed by atoms with Gasteiger partial charge in [0, 0.05) is 17.4 Å². The maximum atomic E-state index is 5.94. The van der Waals surface area contributed by atoms with Crippen LogP contribution in [0, 0.1) is 0 Å². The molecule has 4 nitrogen and oxygen atoms in total. The Labute approximate surface area is 80.3 Å². The van der Waals surface area contributed by atoms with Gasteiger partial charge in [-0.1, -0.05) is 5.16 Å². The minimum absolute atomic E-state index is 0.276. The first-order valence-electron chi connectivity index (χ1n) is 4.49. The van der Waals surface area contributed by atoms with Gasteiger partial charge in [0.05, 0.1) is 5.54 Å². The Hall–Kier alpha value is -0.550. The van der Waals surface area contributed by atoms with E-state index in [0.29, 0.717) is 11.8 Å². The molecule has 0 aromatic carbocycles. The van der Waals surface area contributed by atoms with Crippen LogP contribution in [-0.4, -0.2) is 21.6 Å². The van der Waals surface area contributed by atoms with Gasteiger partial charge in [0.1, 0.15) is 0 Å². The Kier molecular flexibility index (Phi) is 1.49. The van der Waals surface area contributed by atoms with E-state index < -0.39 is 0 Å². The summed E-state index contributed by atoms with van der Waals surface area (Å²) in [5, 5.41) is 3.97. The van der Waals surface area contributed by atoms with Gasteiger partial charge in [0.2, 0.25) is 5.89 Å². The number of nitrogens with zero attached hydrogens (tertiary/aromatic N) is 2. The molecule has 3 rings (SSSR count). The molecule has 2 aliphatic rings. The van der Waals surface area contributed by atoms with Crippen LogP contribution in [0.25, 0.3) is 0 Å². The van der Waals surface area contributed by atoms with Crippen LogP contribution in [0.15, 0.2) is 4.52 Å². The predicted octanol–water partition coefficient (Wildman–Crippen LogP) is 0.848. The molecule has 0 amide bonds. The number of aromatic nitrogens is 2. The Bertz CT molecular complexity index is 330. The van der Waals surface area contributed by atoms with Crippen molar-refractivity contribution in [3.63, 3.8) is 0 Å². The van der Waals surface area contributed by atoms with Gasteiger partial charge in [0.15, 0.2) is 5.82 Å². The van der Waals surface area contributed by atoms with Crippen LogP contribution in [0.1, 0.15) is 30.5 Å². The quantitative estimate of drug-likeness (QED) is 0.761. The fourth-order valence-corrected chi connectivity index (χ4v) is 2.11. The van der Waals surface area contributed by atoms with E-state index in [1.54, 1.807) is 0 Å². The smallest absolute Gasteiger partial charge is 0.246 e. The lowest BCUT2D eigenvalue weighted by molar-refractivity contribution is 0.343. The summed E-state index contributed by atoms with van der Waals surface area (Å²) in [5.41, 5.74) is 5.66. The molecule has 2 N–H and O–H groups in total. The summed E-state index contributed by atoms with van der Waals surface area (Å²) in [7, 11) is 0. The van der Waals surface area contributed by atoms with Crippen molar-refractivity contribution in [2.24, 2.45) is 5.73 Å². The summed E-state index contributed by atoms with van der Waals surface area (Å²) < 4.78 is 5.15. The highest BCUT2D eigenvalue weighted by molar-refractivity contribution is 8.00. The Morgan fingerprint density at radius 1 is 1.46 bits per heavy atom. The fourth-order valence-electron chi connectivity index (χ4n) is 1.34. The molecule has 0 atom stereocenters. The van der Waals surface area contributed by atoms with Crippen molar-refractivity contribution in [3.05, 3.63) is 11.7 Å². The first-order chi connectivity index (χ1) is 6.28. The van der Waals surface area contributed by atoms with E-state index in [1.165, 1.54) is 0 Å². The summed E-state index contributed by atoms with van der Waals surface area (Å²) in [5.74, 6) is 4.24. The lowest BCUT2D eigenvalue weighted by Crippen LogP contribution is -2.20. The van der Waals surface area contributed by atoms with Gasteiger partial charge in [-0.15, -0.1) is 0 Å². The summed E-state index contributed by atoms with van der Waals surface area (Å²) in [6.45, 7) is 0. The Morgan fingerprint density at radius 2 is 2.23 bits per heavy atom. The highest BCUT2D eigenvalue weighted by atomic mass is 32.2. The zero-order chi connectivity index (χ0) is 8.89. The van der Waals surface area contributed by atoms with Crippen molar-refractivity contribution >= 4 is 11.8 Å². The van der Waals surface area contributed by atoms with Crippen LogP contribution in [0.2, 0.25) is 0 Å². The van der Waals surface area contributed by atoms with Crippen molar-refractivity contribution in [2.45, 2.75) is 24.3 Å². The number of nitrogens with two attached hydrogens (primary N) is 1. The summed E-state index contributed by atoms with van der Waals surface area (Å²) in [6.07, 6.45) is 1.96. The van der Waals surface area contributed by atoms with Gasteiger partial charge in [-0.3, -0.25) is 0 Å². The monoisotopic (exact) mass is 197 g/mol. The van der Waals surface area contributed by atoms with E-state index in [0.717, 1.165) is 30.2 Å². The Morgan fingerprint density at radius 3 is 2.77 bits per heavy atom.